The van der Waals surface area contributed by atoms with Crippen molar-refractivity contribution in [2.24, 2.45) is 0 Å². The number of carbonyl (C=O) groups is 1. The van der Waals surface area contributed by atoms with Crippen LogP contribution in [-0.2, 0) is 14.3 Å². The topological polar surface area (TPSA) is 169 Å². The van der Waals surface area contributed by atoms with Crippen molar-refractivity contribution in [2.75, 3.05) is 13.2 Å². The molecular formula is C48H87NO9. The van der Waals surface area contributed by atoms with Gasteiger partial charge < -0.3 is 45.4 Å². The molecule has 1 fully saturated rings. The van der Waals surface area contributed by atoms with Gasteiger partial charge >= 0.3 is 0 Å². The smallest absolute Gasteiger partial charge is 0.249 e. The number of allylic oxidation sites excluding steroid dienone is 7. The second-order valence-electron chi connectivity index (χ2n) is 16.3. The van der Waals surface area contributed by atoms with E-state index < -0.39 is 61.5 Å². The Bertz CT molecular complexity index is 1060. The lowest BCUT2D eigenvalue weighted by Gasteiger charge is -2.40. The monoisotopic (exact) mass is 822 g/mol. The van der Waals surface area contributed by atoms with Crippen molar-refractivity contribution in [3.05, 3.63) is 48.6 Å². The molecule has 0 aromatic carbocycles. The number of hydrogen-bond acceptors (Lipinski definition) is 9. The summed E-state index contributed by atoms with van der Waals surface area (Å²) in [6.07, 6.45) is 37.7. The molecule has 0 bridgehead atoms. The lowest BCUT2D eigenvalue weighted by atomic mass is 9.99. The van der Waals surface area contributed by atoms with Gasteiger partial charge in [0.2, 0.25) is 5.91 Å². The molecule has 1 saturated heterocycles. The lowest BCUT2D eigenvalue weighted by molar-refractivity contribution is -0.302. The average molecular weight is 822 g/mol. The molecule has 1 amide bonds. The van der Waals surface area contributed by atoms with Crippen LogP contribution in [0.25, 0.3) is 0 Å². The predicted octanol–water partition coefficient (Wildman–Crippen LogP) is 8.81. The number of nitrogens with one attached hydrogen (secondary N) is 1. The third-order valence-corrected chi connectivity index (χ3v) is 11.0. The Labute approximate surface area is 353 Å². The summed E-state index contributed by atoms with van der Waals surface area (Å²) in [5, 5.41) is 64.6. The molecular weight excluding hydrogens is 735 g/mol. The molecule has 0 aromatic heterocycles. The van der Waals surface area contributed by atoms with Crippen LogP contribution in [0, 0.1) is 0 Å². The Hall–Kier alpha value is -1.89. The zero-order chi connectivity index (χ0) is 42.5. The third-order valence-electron chi connectivity index (χ3n) is 11.0. The molecule has 0 aromatic rings. The fourth-order valence-corrected chi connectivity index (χ4v) is 7.07. The number of ether oxygens (including phenoxy) is 2. The van der Waals surface area contributed by atoms with E-state index in [2.05, 4.69) is 55.6 Å². The molecule has 7 N–H and O–H groups in total. The van der Waals surface area contributed by atoms with Gasteiger partial charge in [-0.3, -0.25) is 4.79 Å². The van der Waals surface area contributed by atoms with Crippen molar-refractivity contribution < 1.29 is 44.9 Å². The maximum Gasteiger partial charge on any atom is 0.249 e. The van der Waals surface area contributed by atoms with Gasteiger partial charge in [0.15, 0.2) is 6.29 Å². The molecule has 8 unspecified atom stereocenters. The maximum atomic E-state index is 13.0. The van der Waals surface area contributed by atoms with Gasteiger partial charge in [-0.15, -0.1) is 0 Å². The summed E-state index contributed by atoms with van der Waals surface area (Å²) in [6, 6.07) is -1.01. The second kappa shape index (κ2) is 38.1. The van der Waals surface area contributed by atoms with E-state index in [1.54, 1.807) is 6.08 Å². The summed E-state index contributed by atoms with van der Waals surface area (Å²) in [5.41, 5.74) is 0. The van der Waals surface area contributed by atoms with Gasteiger partial charge in [-0.05, 0) is 70.6 Å². The molecule has 0 saturated carbocycles. The van der Waals surface area contributed by atoms with Crippen LogP contribution in [0.15, 0.2) is 48.6 Å². The molecule has 0 aliphatic carbocycles. The van der Waals surface area contributed by atoms with Crippen LogP contribution in [0.4, 0.5) is 0 Å². The van der Waals surface area contributed by atoms with Crippen LogP contribution in [0.3, 0.4) is 0 Å². The fraction of sp³-hybridized carbons (Fsp3) is 0.812. The molecule has 58 heavy (non-hydrogen) atoms. The van der Waals surface area contributed by atoms with Gasteiger partial charge in [-0.1, -0.05) is 165 Å². The number of hydrogen-bond donors (Lipinski definition) is 7. The van der Waals surface area contributed by atoms with Gasteiger partial charge in [-0.2, -0.15) is 0 Å². The Kier molecular flexibility index (Phi) is 35.5. The summed E-state index contributed by atoms with van der Waals surface area (Å²) in [6.45, 7) is 3.55. The highest BCUT2D eigenvalue weighted by Crippen LogP contribution is 2.22. The normalized spacial score (nSPS) is 21.8. The zero-order valence-corrected chi connectivity index (χ0v) is 36.7. The zero-order valence-electron chi connectivity index (χ0n) is 36.7. The summed E-state index contributed by atoms with van der Waals surface area (Å²) in [5.74, 6) is -0.637. The van der Waals surface area contributed by atoms with Crippen LogP contribution in [-0.4, -0.2) is 98.7 Å². The highest BCUT2D eigenvalue weighted by molar-refractivity contribution is 5.80. The van der Waals surface area contributed by atoms with E-state index in [9.17, 15) is 35.4 Å². The fourth-order valence-electron chi connectivity index (χ4n) is 7.07. The number of rotatable bonds is 38. The molecule has 1 rings (SSSR count). The molecule has 1 aliphatic heterocycles. The molecule has 0 spiro atoms. The molecule has 8 atom stereocenters. The molecule has 1 aliphatic rings. The molecule has 1 heterocycles. The van der Waals surface area contributed by atoms with Crippen molar-refractivity contribution in [3.8, 4) is 0 Å². The second-order valence-corrected chi connectivity index (χ2v) is 16.3. The van der Waals surface area contributed by atoms with Crippen LogP contribution in [0.2, 0.25) is 0 Å². The summed E-state index contributed by atoms with van der Waals surface area (Å²) < 4.78 is 11.1. The van der Waals surface area contributed by atoms with Gasteiger partial charge in [0, 0.05) is 0 Å². The minimum absolute atomic E-state index is 0.292. The third kappa shape index (κ3) is 27.8. The van der Waals surface area contributed by atoms with E-state index in [4.69, 9.17) is 9.47 Å². The van der Waals surface area contributed by atoms with Crippen molar-refractivity contribution in [1.82, 2.24) is 5.32 Å². The summed E-state index contributed by atoms with van der Waals surface area (Å²) in [7, 11) is 0. The minimum Gasteiger partial charge on any atom is -0.394 e. The number of amides is 1. The molecule has 10 nitrogen and oxygen atoms in total. The molecule has 0 radical (unpaired) electrons. The van der Waals surface area contributed by atoms with Crippen molar-refractivity contribution in [2.45, 2.75) is 236 Å². The van der Waals surface area contributed by atoms with E-state index in [1.807, 2.05) is 6.08 Å². The quantitative estimate of drug-likeness (QED) is 0.0238. The van der Waals surface area contributed by atoms with E-state index >= 15 is 0 Å². The van der Waals surface area contributed by atoms with Crippen LogP contribution in [0.5, 0.6) is 0 Å². The summed E-state index contributed by atoms with van der Waals surface area (Å²) in [4.78, 5) is 13.0. The number of aliphatic hydroxyl groups excluding tert-OH is 6. The van der Waals surface area contributed by atoms with E-state index in [-0.39, 0.29) is 6.61 Å². The van der Waals surface area contributed by atoms with Gasteiger partial charge in [0.25, 0.3) is 0 Å². The highest BCUT2D eigenvalue weighted by atomic mass is 16.7. The van der Waals surface area contributed by atoms with Gasteiger partial charge in [-0.25, -0.2) is 0 Å². The highest BCUT2D eigenvalue weighted by Gasteiger charge is 2.44. The number of unbranched alkanes of at least 4 members (excludes halogenated alkanes) is 21. The molecule has 10 heteroatoms. The first-order chi connectivity index (χ1) is 28.3. The number of carbonyl (C=O) groups excluding carboxylic acids is 1. The van der Waals surface area contributed by atoms with Gasteiger partial charge in [0.1, 0.15) is 30.5 Å². The Morgan fingerprint density at radius 3 is 1.52 bits per heavy atom. The van der Waals surface area contributed by atoms with E-state index in [1.165, 1.54) is 103 Å². The van der Waals surface area contributed by atoms with Gasteiger partial charge in [0.05, 0.1) is 25.4 Å². The van der Waals surface area contributed by atoms with Crippen molar-refractivity contribution in [1.29, 1.82) is 0 Å². The summed E-state index contributed by atoms with van der Waals surface area (Å²) >= 11 is 0. The first-order valence-corrected chi connectivity index (χ1v) is 23.5. The maximum absolute atomic E-state index is 13.0. The van der Waals surface area contributed by atoms with Crippen molar-refractivity contribution in [3.63, 3.8) is 0 Å². The first-order valence-electron chi connectivity index (χ1n) is 23.5. The van der Waals surface area contributed by atoms with E-state index in [0.29, 0.717) is 19.3 Å². The van der Waals surface area contributed by atoms with Crippen LogP contribution in [0.1, 0.15) is 187 Å². The van der Waals surface area contributed by atoms with E-state index in [0.717, 1.165) is 51.4 Å². The Balaban J connectivity index is 2.43. The van der Waals surface area contributed by atoms with Crippen LogP contribution >= 0.6 is 0 Å². The van der Waals surface area contributed by atoms with Crippen molar-refractivity contribution >= 4 is 5.91 Å². The Morgan fingerprint density at radius 1 is 0.586 bits per heavy atom. The van der Waals surface area contributed by atoms with Crippen LogP contribution < -0.4 is 5.32 Å². The SMILES string of the molecule is CCCCCC/C=C/CC/C=C/CC/C=C/C(O)C(COC1OC(CO)C(O)C(O)C1O)NC(=O)C(O)CCCCCCCC/C=C\CCCCCCCCCCC. The lowest BCUT2D eigenvalue weighted by Crippen LogP contribution is -2.60. The first kappa shape index (κ1) is 54.1. The minimum atomic E-state index is -1.62. The predicted molar refractivity (Wildman–Crippen MR) is 236 cm³/mol. The standard InChI is InChI=1S/C48H87NO9/c1-3-5-7-9-11-13-15-17-19-20-21-22-23-25-27-29-31-33-35-37-42(52)47(56)49-40(39-57-48-46(55)45(54)44(53)43(38-50)58-48)41(51)36-34-32-30-28-26-24-18-16-14-12-10-8-6-4-2/h14,16,21-22,26,28,34,36,40-46,48,50-55H,3-13,15,17-20,23-25,27,29-33,35,37-39H2,1-2H3,(H,49,56)/b16-14+,22-21-,28-26+,36-34+. The molecule has 338 valence electrons. The average Bonchev–Trinajstić information content (AvgIpc) is 3.22. The Morgan fingerprint density at radius 2 is 1.02 bits per heavy atom. The largest absolute Gasteiger partial charge is 0.394 e. The number of aliphatic hydroxyl groups is 6.